The number of carbonyl (C=O) groups is 1. The van der Waals surface area contributed by atoms with E-state index in [9.17, 15) is 4.79 Å². The van der Waals surface area contributed by atoms with E-state index in [1.54, 1.807) is 0 Å². The van der Waals surface area contributed by atoms with Gasteiger partial charge in [-0.05, 0) is 24.3 Å². The number of fused-ring (bicyclic) bond motifs is 1. The van der Waals surface area contributed by atoms with Crippen molar-refractivity contribution in [3.8, 4) is 0 Å². The van der Waals surface area contributed by atoms with Gasteiger partial charge >= 0.3 is 0 Å². The second-order valence-corrected chi connectivity index (χ2v) is 5.51. The van der Waals surface area contributed by atoms with Crippen LogP contribution >= 0.6 is 11.8 Å². The molecular formula is C16H14N2O2S. The molecular weight excluding hydrogens is 284 g/mol. The number of anilines is 1. The van der Waals surface area contributed by atoms with Crippen molar-refractivity contribution in [2.45, 2.75) is 11.6 Å². The smallest absolute Gasteiger partial charge is 0.256 e. The third kappa shape index (κ3) is 3.64. The molecule has 4 nitrogen and oxygen atoms in total. The standard InChI is InChI=1S/C16H14N2O2S/c19-15(17-12-6-2-1-3-7-12)10-11-21-16-18-13-8-4-5-9-14(13)20-16/h1-9H,10-11H2,(H,17,19). The van der Waals surface area contributed by atoms with Crippen LogP contribution in [0.5, 0.6) is 0 Å². The molecule has 0 atom stereocenters. The zero-order valence-electron chi connectivity index (χ0n) is 11.3. The quantitative estimate of drug-likeness (QED) is 0.725. The van der Waals surface area contributed by atoms with Crippen molar-refractivity contribution < 1.29 is 9.21 Å². The fourth-order valence-electron chi connectivity index (χ4n) is 1.89. The monoisotopic (exact) mass is 298 g/mol. The van der Waals surface area contributed by atoms with E-state index < -0.39 is 0 Å². The van der Waals surface area contributed by atoms with Crippen molar-refractivity contribution in [2.24, 2.45) is 0 Å². The first kappa shape index (κ1) is 13.7. The highest BCUT2D eigenvalue weighted by Crippen LogP contribution is 2.23. The van der Waals surface area contributed by atoms with Crippen molar-refractivity contribution >= 4 is 34.5 Å². The number of amides is 1. The van der Waals surface area contributed by atoms with Gasteiger partial charge in [0, 0.05) is 17.9 Å². The summed E-state index contributed by atoms with van der Waals surface area (Å²) in [5.74, 6) is 0.621. The Balaban J connectivity index is 1.50. The number of hydrogen-bond donors (Lipinski definition) is 1. The third-order valence-electron chi connectivity index (χ3n) is 2.89. The molecule has 1 heterocycles. The van der Waals surface area contributed by atoms with E-state index >= 15 is 0 Å². The van der Waals surface area contributed by atoms with Crippen LogP contribution in [0.3, 0.4) is 0 Å². The predicted molar refractivity (Wildman–Crippen MR) is 84.4 cm³/mol. The summed E-state index contributed by atoms with van der Waals surface area (Å²) in [5, 5.41) is 3.45. The summed E-state index contributed by atoms with van der Waals surface area (Å²) >= 11 is 1.45. The second kappa shape index (κ2) is 6.45. The number of nitrogens with zero attached hydrogens (tertiary/aromatic N) is 1. The summed E-state index contributed by atoms with van der Waals surface area (Å²) in [6, 6.07) is 17.1. The van der Waals surface area contributed by atoms with E-state index in [4.69, 9.17) is 4.42 Å². The first-order valence-electron chi connectivity index (χ1n) is 6.64. The summed E-state index contributed by atoms with van der Waals surface area (Å²) in [6.45, 7) is 0. The van der Waals surface area contributed by atoms with Gasteiger partial charge in [0.1, 0.15) is 5.52 Å². The lowest BCUT2D eigenvalue weighted by Gasteiger charge is -2.03. The zero-order valence-corrected chi connectivity index (χ0v) is 12.1. The molecule has 0 aliphatic heterocycles. The van der Waals surface area contributed by atoms with Crippen LogP contribution in [0.15, 0.2) is 64.2 Å². The fourth-order valence-corrected chi connectivity index (χ4v) is 2.66. The van der Waals surface area contributed by atoms with Gasteiger partial charge in [-0.2, -0.15) is 0 Å². The number of carbonyl (C=O) groups excluding carboxylic acids is 1. The van der Waals surface area contributed by atoms with Crippen molar-refractivity contribution in [1.29, 1.82) is 0 Å². The number of nitrogens with one attached hydrogen (secondary N) is 1. The van der Waals surface area contributed by atoms with E-state index in [0.717, 1.165) is 16.8 Å². The van der Waals surface area contributed by atoms with E-state index in [1.807, 2.05) is 54.6 Å². The van der Waals surface area contributed by atoms with E-state index in [0.29, 0.717) is 17.4 Å². The SMILES string of the molecule is O=C(CCSc1nc2ccccc2o1)Nc1ccccc1. The Bertz CT molecular complexity index is 707. The average Bonchev–Trinajstić information content (AvgIpc) is 2.91. The molecule has 0 fully saturated rings. The summed E-state index contributed by atoms with van der Waals surface area (Å²) in [4.78, 5) is 16.2. The topological polar surface area (TPSA) is 55.1 Å². The highest BCUT2D eigenvalue weighted by molar-refractivity contribution is 7.99. The van der Waals surface area contributed by atoms with Gasteiger partial charge in [0.2, 0.25) is 5.91 Å². The first-order chi connectivity index (χ1) is 10.3. The molecule has 21 heavy (non-hydrogen) atoms. The molecule has 1 amide bonds. The van der Waals surface area contributed by atoms with Crippen LogP contribution in [0.2, 0.25) is 0 Å². The summed E-state index contributed by atoms with van der Waals surface area (Å²) in [5.41, 5.74) is 2.43. The van der Waals surface area contributed by atoms with Crippen molar-refractivity contribution in [2.75, 3.05) is 11.1 Å². The van der Waals surface area contributed by atoms with Gasteiger partial charge < -0.3 is 9.73 Å². The van der Waals surface area contributed by atoms with Gasteiger partial charge in [-0.3, -0.25) is 4.79 Å². The first-order valence-corrected chi connectivity index (χ1v) is 7.63. The second-order valence-electron chi connectivity index (χ2n) is 4.46. The molecule has 1 N–H and O–H groups in total. The maximum absolute atomic E-state index is 11.8. The molecule has 0 aliphatic rings. The Labute approximate surface area is 126 Å². The largest absolute Gasteiger partial charge is 0.431 e. The van der Waals surface area contributed by atoms with E-state index in [-0.39, 0.29) is 5.91 Å². The molecule has 2 aromatic carbocycles. The minimum absolute atomic E-state index is 0.00943. The van der Waals surface area contributed by atoms with Crippen LogP contribution in [-0.2, 0) is 4.79 Å². The summed E-state index contributed by atoms with van der Waals surface area (Å²) in [7, 11) is 0. The molecule has 0 radical (unpaired) electrons. The molecule has 0 bridgehead atoms. The number of oxazole rings is 1. The Morgan fingerprint density at radius 1 is 1.10 bits per heavy atom. The molecule has 5 heteroatoms. The van der Waals surface area contributed by atoms with Gasteiger partial charge in [0.05, 0.1) is 0 Å². The normalized spacial score (nSPS) is 10.7. The molecule has 0 unspecified atom stereocenters. The van der Waals surface area contributed by atoms with Crippen LogP contribution in [-0.4, -0.2) is 16.6 Å². The number of hydrogen-bond acceptors (Lipinski definition) is 4. The maximum Gasteiger partial charge on any atom is 0.256 e. The molecule has 3 rings (SSSR count). The number of para-hydroxylation sites is 3. The Kier molecular flexibility index (Phi) is 4.21. The molecule has 0 saturated heterocycles. The van der Waals surface area contributed by atoms with Crippen molar-refractivity contribution in [1.82, 2.24) is 4.98 Å². The molecule has 106 valence electrons. The Morgan fingerprint density at radius 3 is 2.67 bits per heavy atom. The van der Waals surface area contributed by atoms with Gasteiger partial charge in [0.25, 0.3) is 5.22 Å². The maximum atomic E-state index is 11.8. The third-order valence-corrected chi connectivity index (χ3v) is 3.72. The fraction of sp³-hybridized carbons (Fsp3) is 0.125. The highest BCUT2D eigenvalue weighted by atomic mass is 32.2. The minimum atomic E-state index is -0.00943. The van der Waals surface area contributed by atoms with Crippen LogP contribution in [0.4, 0.5) is 5.69 Å². The Hall–Kier alpha value is -2.27. The van der Waals surface area contributed by atoms with Crippen LogP contribution < -0.4 is 5.32 Å². The number of rotatable bonds is 5. The van der Waals surface area contributed by atoms with Crippen LogP contribution in [0, 0.1) is 0 Å². The van der Waals surface area contributed by atoms with E-state index in [2.05, 4.69) is 10.3 Å². The lowest BCUT2D eigenvalue weighted by molar-refractivity contribution is -0.115. The zero-order chi connectivity index (χ0) is 14.5. The average molecular weight is 298 g/mol. The Morgan fingerprint density at radius 2 is 1.86 bits per heavy atom. The predicted octanol–water partition coefficient (Wildman–Crippen LogP) is 3.95. The molecule has 0 aliphatic carbocycles. The molecule has 0 saturated carbocycles. The highest BCUT2D eigenvalue weighted by Gasteiger charge is 2.07. The molecule has 1 aromatic heterocycles. The number of thioether (sulfide) groups is 1. The van der Waals surface area contributed by atoms with Crippen molar-refractivity contribution in [3.63, 3.8) is 0 Å². The van der Waals surface area contributed by atoms with Gasteiger partial charge in [-0.25, -0.2) is 4.98 Å². The number of benzene rings is 2. The van der Waals surface area contributed by atoms with Gasteiger partial charge in [-0.15, -0.1) is 0 Å². The van der Waals surface area contributed by atoms with Gasteiger partial charge in [-0.1, -0.05) is 42.1 Å². The number of aromatic nitrogens is 1. The summed E-state index contributed by atoms with van der Waals surface area (Å²) in [6.07, 6.45) is 0.415. The van der Waals surface area contributed by atoms with Crippen LogP contribution in [0.25, 0.3) is 11.1 Å². The van der Waals surface area contributed by atoms with E-state index in [1.165, 1.54) is 11.8 Å². The minimum Gasteiger partial charge on any atom is -0.431 e. The summed E-state index contributed by atoms with van der Waals surface area (Å²) < 4.78 is 5.59. The lowest BCUT2D eigenvalue weighted by Crippen LogP contribution is -2.11. The lowest BCUT2D eigenvalue weighted by atomic mass is 10.3. The van der Waals surface area contributed by atoms with Crippen LogP contribution in [0.1, 0.15) is 6.42 Å². The van der Waals surface area contributed by atoms with Gasteiger partial charge in [0.15, 0.2) is 5.58 Å². The molecule has 0 spiro atoms. The van der Waals surface area contributed by atoms with Crippen molar-refractivity contribution in [3.05, 3.63) is 54.6 Å². The molecule has 3 aromatic rings.